The monoisotopic (exact) mass is 476 g/mol. The topological polar surface area (TPSA) is 61.1 Å². The normalized spacial score (nSPS) is 14.9. The van der Waals surface area contributed by atoms with Crippen LogP contribution in [0.25, 0.3) is 5.69 Å². The molecule has 4 rings (SSSR count). The van der Waals surface area contributed by atoms with Crippen molar-refractivity contribution in [1.29, 1.82) is 5.26 Å². The SMILES string of the molecule is Cc1cc(Br)ccc1-n1ccc(C#N)c1C(=O)NC1CCN(Cc2ccccc2)CC1. The van der Waals surface area contributed by atoms with Crippen LogP contribution >= 0.6 is 15.9 Å². The van der Waals surface area contributed by atoms with Crippen LogP contribution in [-0.2, 0) is 6.54 Å². The zero-order valence-electron chi connectivity index (χ0n) is 17.5. The fourth-order valence-electron chi connectivity index (χ4n) is 4.17. The Kier molecular flexibility index (Phi) is 6.55. The number of piperidine rings is 1. The molecule has 3 aromatic rings. The van der Waals surface area contributed by atoms with Gasteiger partial charge in [-0.1, -0.05) is 46.3 Å². The fourth-order valence-corrected chi connectivity index (χ4v) is 4.65. The molecule has 31 heavy (non-hydrogen) atoms. The molecule has 5 nitrogen and oxygen atoms in total. The van der Waals surface area contributed by atoms with E-state index in [0.717, 1.165) is 48.2 Å². The smallest absolute Gasteiger partial charge is 0.269 e. The Bertz CT molecular complexity index is 1110. The summed E-state index contributed by atoms with van der Waals surface area (Å²) in [6.45, 7) is 4.82. The van der Waals surface area contributed by atoms with Gasteiger partial charge in [0.25, 0.3) is 5.91 Å². The molecule has 1 aromatic heterocycles. The Morgan fingerprint density at radius 1 is 1.16 bits per heavy atom. The van der Waals surface area contributed by atoms with E-state index < -0.39 is 0 Å². The Morgan fingerprint density at radius 2 is 1.90 bits per heavy atom. The molecular weight excluding hydrogens is 452 g/mol. The number of hydrogen-bond donors (Lipinski definition) is 1. The van der Waals surface area contributed by atoms with Crippen LogP contribution in [0.1, 0.15) is 40.0 Å². The molecule has 2 heterocycles. The maximum absolute atomic E-state index is 13.2. The molecule has 2 aromatic carbocycles. The molecule has 0 unspecified atom stereocenters. The minimum atomic E-state index is -0.189. The van der Waals surface area contributed by atoms with Crippen molar-refractivity contribution in [2.24, 2.45) is 0 Å². The number of hydrogen-bond acceptors (Lipinski definition) is 3. The van der Waals surface area contributed by atoms with E-state index in [1.807, 2.05) is 35.8 Å². The molecule has 0 bridgehead atoms. The first-order valence-electron chi connectivity index (χ1n) is 10.5. The van der Waals surface area contributed by atoms with Gasteiger partial charge in [0.1, 0.15) is 11.8 Å². The number of carbonyl (C=O) groups is 1. The number of amides is 1. The Balaban J connectivity index is 1.45. The molecule has 0 saturated carbocycles. The van der Waals surface area contributed by atoms with Crippen molar-refractivity contribution in [2.75, 3.05) is 13.1 Å². The summed E-state index contributed by atoms with van der Waals surface area (Å²) in [6.07, 6.45) is 3.60. The van der Waals surface area contributed by atoms with Crippen LogP contribution < -0.4 is 5.32 Å². The van der Waals surface area contributed by atoms with Gasteiger partial charge < -0.3 is 9.88 Å². The first-order valence-corrected chi connectivity index (χ1v) is 11.3. The molecule has 1 saturated heterocycles. The second-order valence-electron chi connectivity index (χ2n) is 8.00. The maximum atomic E-state index is 13.2. The second-order valence-corrected chi connectivity index (χ2v) is 8.92. The Labute approximate surface area is 191 Å². The van der Waals surface area contributed by atoms with Gasteiger partial charge in [-0.15, -0.1) is 0 Å². The molecule has 1 fully saturated rings. The minimum Gasteiger partial charge on any atom is -0.348 e. The summed E-state index contributed by atoms with van der Waals surface area (Å²) in [4.78, 5) is 15.6. The second kappa shape index (κ2) is 9.51. The molecule has 0 atom stereocenters. The van der Waals surface area contributed by atoms with Gasteiger partial charge >= 0.3 is 0 Å². The minimum absolute atomic E-state index is 0.112. The molecule has 1 N–H and O–H groups in total. The number of benzene rings is 2. The van der Waals surface area contributed by atoms with Crippen LogP contribution in [0.3, 0.4) is 0 Å². The van der Waals surface area contributed by atoms with E-state index in [1.165, 1.54) is 5.56 Å². The molecule has 158 valence electrons. The summed E-state index contributed by atoms with van der Waals surface area (Å²) in [5, 5.41) is 12.7. The number of likely N-dealkylation sites (tertiary alicyclic amines) is 1. The molecule has 1 aliphatic heterocycles. The van der Waals surface area contributed by atoms with Crippen LogP contribution in [-0.4, -0.2) is 34.5 Å². The van der Waals surface area contributed by atoms with Gasteiger partial charge in [0.2, 0.25) is 0 Å². The average Bonchev–Trinajstić information content (AvgIpc) is 3.20. The van der Waals surface area contributed by atoms with Crippen molar-refractivity contribution in [2.45, 2.75) is 32.4 Å². The summed E-state index contributed by atoms with van der Waals surface area (Å²) in [7, 11) is 0. The molecular formula is C25H25BrN4O. The van der Waals surface area contributed by atoms with Crippen LogP contribution in [0.2, 0.25) is 0 Å². The number of halogens is 1. The molecule has 0 radical (unpaired) electrons. The number of nitrogens with one attached hydrogen (secondary N) is 1. The lowest BCUT2D eigenvalue weighted by atomic mass is 10.0. The third-order valence-corrected chi connectivity index (χ3v) is 6.31. The fraction of sp³-hybridized carbons (Fsp3) is 0.280. The van der Waals surface area contributed by atoms with Crippen LogP contribution in [0.4, 0.5) is 0 Å². The molecule has 0 aliphatic carbocycles. The summed E-state index contributed by atoms with van der Waals surface area (Å²) in [6, 6.07) is 20.4. The zero-order valence-corrected chi connectivity index (χ0v) is 19.1. The number of rotatable bonds is 5. The number of carbonyl (C=O) groups excluding carboxylic acids is 1. The Morgan fingerprint density at radius 3 is 2.58 bits per heavy atom. The van der Waals surface area contributed by atoms with Crippen molar-refractivity contribution >= 4 is 21.8 Å². The predicted octanol–water partition coefficient (Wildman–Crippen LogP) is 4.81. The van der Waals surface area contributed by atoms with Gasteiger partial charge in [-0.2, -0.15) is 5.26 Å². The van der Waals surface area contributed by atoms with Gasteiger partial charge in [0.05, 0.1) is 5.56 Å². The standard InChI is InChI=1S/C25H25BrN4O/c1-18-15-21(26)7-8-23(18)30-14-9-20(16-27)24(30)25(31)28-22-10-12-29(13-11-22)17-19-5-3-2-4-6-19/h2-9,14-15,22H,10-13,17H2,1H3,(H,28,31). The van der Waals surface area contributed by atoms with Crippen molar-refractivity contribution in [1.82, 2.24) is 14.8 Å². The highest BCUT2D eigenvalue weighted by Gasteiger charge is 2.25. The third kappa shape index (κ3) is 4.90. The van der Waals surface area contributed by atoms with Gasteiger partial charge in [0.15, 0.2) is 0 Å². The number of aromatic nitrogens is 1. The predicted molar refractivity (Wildman–Crippen MR) is 125 cm³/mol. The van der Waals surface area contributed by atoms with E-state index in [0.29, 0.717) is 11.3 Å². The largest absolute Gasteiger partial charge is 0.348 e. The number of nitrogens with zero attached hydrogens (tertiary/aromatic N) is 3. The highest BCUT2D eigenvalue weighted by Crippen LogP contribution is 2.24. The van der Waals surface area contributed by atoms with Crippen molar-refractivity contribution in [3.05, 3.63) is 87.7 Å². The number of nitriles is 1. The van der Waals surface area contributed by atoms with E-state index >= 15 is 0 Å². The highest BCUT2D eigenvalue weighted by molar-refractivity contribution is 9.10. The highest BCUT2D eigenvalue weighted by atomic mass is 79.9. The molecule has 6 heteroatoms. The van der Waals surface area contributed by atoms with E-state index in [2.05, 4.69) is 56.5 Å². The summed E-state index contributed by atoms with van der Waals surface area (Å²) in [5.74, 6) is -0.189. The van der Waals surface area contributed by atoms with Gasteiger partial charge in [-0.25, -0.2) is 0 Å². The van der Waals surface area contributed by atoms with E-state index in [4.69, 9.17) is 0 Å². The average molecular weight is 477 g/mol. The van der Waals surface area contributed by atoms with Crippen molar-refractivity contribution < 1.29 is 4.79 Å². The lowest BCUT2D eigenvalue weighted by molar-refractivity contribution is 0.0902. The van der Waals surface area contributed by atoms with Crippen LogP contribution in [0.5, 0.6) is 0 Å². The molecule has 1 aliphatic rings. The summed E-state index contributed by atoms with van der Waals surface area (Å²) < 4.78 is 2.80. The quantitative estimate of drug-likeness (QED) is 0.574. The first-order chi connectivity index (χ1) is 15.0. The van der Waals surface area contributed by atoms with E-state index in [-0.39, 0.29) is 11.9 Å². The van der Waals surface area contributed by atoms with Gasteiger partial charge in [0, 0.05) is 42.0 Å². The molecule has 0 spiro atoms. The van der Waals surface area contributed by atoms with Gasteiger partial charge in [-0.3, -0.25) is 9.69 Å². The first kappa shape index (κ1) is 21.4. The van der Waals surface area contributed by atoms with Crippen LogP contribution in [0.15, 0.2) is 65.3 Å². The van der Waals surface area contributed by atoms with E-state index in [9.17, 15) is 10.1 Å². The lowest BCUT2D eigenvalue weighted by Gasteiger charge is -2.32. The summed E-state index contributed by atoms with van der Waals surface area (Å²) >= 11 is 3.48. The molecule has 1 amide bonds. The lowest BCUT2D eigenvalue weighted by Crippen LogP contribution is -2.44. The summed E-state index contributed by atoms with van der Waals surface area (Å²) in [5.41, 5.74) is 4.03. The van der Waals surface area contributed by atoms with Crippen molar-refractivity contribution in [3.8, 4) is 11.8 Å². The van der Waals surface area contributed by atoms with Crippen molar-refractivity contribution in [3.63, 3.8) is 0 Å². The zero-order chi connectivity index (χ0) is 21.8. The number of aryl methyl sites for hydroxylation is 1. The van der Waals surface area contributed by atoms with Gasteiger partial charge in [-0.05, 0) is 55.2 Å². The van der Waals surface area contributed by atoms with Crippen LogP contribution in [0, 0.1) is 18.3 Å². The maximum Gasteiger partial charge on any atom is 0.269 e. The Hall–Kier alpha value is -2.88. The van der Waals surface area contributed by atoms with E-state index in [1.54, 1.807) is 12.3 Å². The third-order valence-electron chi connectivity index (χ3n) is 5.81.